The van der Waals surface area contributed by atoms with Crippen molar-refractivity contribution in [2.75, 3.05) is 23.0 Å². The summed E-state index contributed by atoms with van der Waals surface area (Å²) in [5.74, 6) is -2.21. The molecule has 0 bridgehead atoms. The maximum atomic E-state index is 12.1. The number of carbonyl (C=O) groups is 4. The molecule has 11 heteroatoms. The van der Waals surface area contributed by atoms with Gasteiger partial charge in [0.15, 0.2) is 5.13 Å². The lowest BCUT2D eigenvalue weighted by Crippen LogP contribution is -2.14. The van der Waals surface area contributed by atoms with E-state index in [2.05, 4.69) is 15.6 Å². The van der Waals surface area contributed by atoms with E-state index in [1.165, 1.54) is 23.1 Å². The number of rotatable bonds is 10. The molecular formula is C19H19N3O6S2. The zero-order valence-corrected chi connectivity index (χ0v) is 17.5. The van der Waals surface area contributed by atoms with Gasteiger partial charge in [0.1, 0.15) is 0 Å². The first kappa shape index (κ1) is 23.1. The molecule has 2 rings (SSSR count). The summed E-state index contributed by atoms with van der Waals surface area (Å²) >= 11 is 2.53. The van der Waals surface area contributed by atoms with Crippen molar-refractivity contribution in [3.63, 3.8) is 0 Å². The number of thiazole rings is 1. The van der Waals surface area contributed by atoms with Crippen molar-refractivity contribution in [2.24, 2.45) is 0 Å². The lowest BCUT2D eigenvalue weighted by atomic mass is 10.3. The zero-order chi connectivity index (χ0) is 21.9. The van der Waals surface area contributed by atoms with Gasteiger partial charge in [0.05, 0.1) is 24.5 Å². The van der Waals surface area contributed by atoms with Gasteiger partial charge < -0.3 is 20.5 Å². The van der Waals surface area contributed by atoms with E-state index in [4.69, 9.17) is 9.84 Å². The van der Waals surface area contributed by atoms with Crippen LogP contribution in [-0.4, -0.2) is 46.2 Å². The molecule has 0 aliphatic heterocycles. The Hall–Kier alpha value is -3.18. The lowest BCUT2D eigenvalue weighted by Gasteiger charge is -2.05. The number of benzene rings is 1. The van der Waals surface area contributed by atoms with E-state index < -0.39 is 11.9 Å². The average molecular weight is 450 g/mol. The minimum atomic E-state index is -1.21. The number of ether oxygens (including phenoxy) is 1. The molecule has 1 aromatic carbocycles. The Balaban J connectivity index is 1.78. The molecule has 1 aromatic heterocycles. The summed E-state index contributed by atoms with van der Waals surface area (Å²) in [6.45, 7) is 2.03. The van der Waals surface area contributed by atoms with E-state index in [1.54, 1.807) is 36.6 Å². The molecule has 0 aliphatic carbocycles. The highest BCUT2D eigenvalue weighted by Gasteiger charge is 2.11. The van der Waals surface area contributed by atoms with E-state index >= 15 is 0 Å². The molecule has 158 valence electrons. The summed E-state index contributed by atoms with van der Waals surface area (Å²) in [4.78, 5) is 50.5. The third kappa shape index (κ3) is 8.45. The van der Waals surface area contributed by atoms with Gasteiger partial charge in [-0.3, -0.25) is 14.4 Å². The minimum absolute atomic E-state index is 0.0595. The fraction of sp³-hybridized carbons (Fsp3) is 0.211. The molecule has 2 aromatic rings. The molecular weight excluding hydrogens is 430 g/mol. The number of carboxylic acid groups (broad SMARTS) is 1. The number of carboxylic acids is 1. The van der Waals surface area contributed by atoms with Crippen LogP contribution in [0.5, 0.6) is 0 Å². The second-order valence-corrected chi connectivity index (χ2v) is 7.55. The van der Waals surface area contributed by atoms with E-state index in [0.29, 0.717) is 23.1 Å². The van der Waals surface area contributed by atoms with E-state index in [-0.39, 0.29) is 24.1 Å². The number of nitrogens with zero attached hydrogens (tertiary/aromatic N) is 1. The standard InChI is InChI=1S/C19H19N3O6S2/c1-2-28-18(27)9-13-10-30-19(21-13)22-16(24)11-29-14-5-3-12(4-6-14)20-15(23)7-8-17(25)26/h3-8,10H,2,9,11H2,1H3,(H,20,23)(H,25,26)(H,21,22,24)/b8-7+. The maximum absolute atomic E-state index is 12.1. The third-order valence-electron chi connectivity index (χ3n) is 3.30. The highest BCUT2D eigenvalue weighted by Crippen LogP contribution is 2.21. The van der Waals surface area contributed by atoms with Crippen LogP contribution in [0.4, 0.5) is 10.8 Å². The number of aromatic nitrogens is 1. The number of anilines is 2. The molecule has 0 saturated carbocycles. The largest absolute Gasteiger partial charge is 0.478 e. The Morgan fingerprint density at radius 2 is 1.90 bits per heavy atom. The molecule has 0 fully saturated rings. The molecule has 0 aliphatic rings. The summed E-state index contributed by atoms with van der Waals surface area (Å²) in [7, 11) is 0. The predicted molar refractivity (Wildman–Crippen MR) is 114 cm³/mol. The Morgan fingerprint density at radius 3 is 2.57 bits per heavy atom. The predicted octanol–water partition coefficient (Wildman–Crippen LogP) is 2.56. The first-order valence-electron chi connectivity index (χ1n) is 8.70. The monoisotopic (exact) mass is 449 g/mol. The van der Waals surface area contributed by atoms with E-state index in [1.807, 2.05) is 0 Å². The molecule has 2 amide bonds. The average Bonchev–Trinajstić information content (AvgIpc) is 3.12. The summed E-state index contributed by atoms with van der Waals surface area (Å²) in [5, 5.41) is 15.8. The quantitative estimate of drug-likeness (QED) is 0.286. The first-order chi connectivity index (χ1) is 14.4. The van der Waals surface area contributed by atoms with E-state index in [0.717, 1.165) is 17.0 Å². The third-order valence-corrected chi connectivity index (χ3v) is 5.12. The summed E-state index contributed by atoms with van der Waals surface area (Å²) in [6, 6.07) is 6.76. The van der Waals surface area contributed by atoms with Crippen LogP contribution in [0.1, 0.15) is 12.6 Å². The minimum Gasteiger partial charge on any atom is -0.478 e. The van der Waals surface area contributed by atoms with Crippen LogP contribution in [0.2, 0.25) is 0 Å². The number of hydrogen-bond donors (Lipinski definition) is 3. The Labute approximate surface area is 180 Å². The van der Waals surface area contributed by atoms with Crippen LogP contribution in [-0.2, 0) is 30.3 Å². The molecule has 0 spiro atoms. The van der Waals surface area contributed by atoms with Gasteiger partial charge in [0, 0.05) is 28.1 Å². The second-order valence-electron chi connectivity index (χ2n) is 5.65. The number of carbonyl (C=O) groups excluding carboxylic acids is 3. The molecule has 30 heavy (non-hydrogen) atoms. The number of aliphatic carboxylic acids is 1. The molecule has 9 nitrogen and oxygen atoms in total. The Kier molecular flexibility index (Phi) is 9.03. The van der Waals surface area contributed by atoms with Gasteiger partial charge in [-0.05, 0) is 31.2 Å². The molecule has 0 radical (unpaired) electrons. The fourth-order valence-electron chi connectivity index (χ4n) is 2.08. The zero-order valence-electron chi connectivity index (χ0n) is 15.9. The van der Waals surface area contributed by atoms with Crippen LogP contribution in [0.15, 0.2) is 46.7 Å². The Bertz CT molecular complexity index is 940. The molecule has 0 atom stereocenters. The number of esters is 1. The van der Waals surface area contributed by atoms with Crippen LogP contribution < -0.4 is 10.6 Å². The number of thioether (sulfide) groups is 1. The van der Waals surface area contributed by atoms with Gasteiger partial charge in [0.2, 0.25) is 11.8 Å². The van der Waals surface area contributed by atoms with Crippen molar-refractivity contribution in [3.05, 3.63) is 47.5 Å². The summed E-state index contributed by atoms with van der Waals surface area (Å²) in [6.07, 6.45) is 1.73. The van der Waals surface area contributed by atoms with Crippen LogP contribution in [0.25, 0.3) is 0 Å². The normalized spacial score (nSPS) is 10.6. The van der Waals surface area contributed by atoms with Crippen molar-refractivity contribution >= 4 is 57.7 Å². The topological polar surface area (TPSA) is 135 Å². The van der Waals surface area contributed by atoms with Gasteiger partial charge in [-0.2, -0.15) is 0 Å². The summed E-state index contributed by atoms with van der Waals surface area (Å²) in [5.41, 5.74) is 1.04. The van der Waals surface area contributed by atoms with Crippen molar-refractivity contribution in [1.82, 2.24) is 4.98 Å². The van der Waals surface area contributed by atoms with Gasteiger partial charge in [-0.25, -0.2) is 9.78 Å². The lowest BCUT2D eigenvalue weighted by molar-refractivity contribution is -0.142. The molecule has 3 N–H and O–H groups in total. The van der Waals surface area contributed by atoms with Crippen molar-refractivity contribution in [1.29, 1.82) is 0 Å². The van der Waals surface area contributed by atoms with E-state index in [9.17, 15) is 19.2 Å². The number of nitrogens with one attached hydrogen (secondary N) is 2. The number of hydrogen-bond acceptors (Lipinski definition) is 8. The van der Waals surface area contributed by atoms with Crippen molar-refractivity contribution < 1.29 is 29.0 Å². The molecule has 0 unspecified atom stereocenters. The fourth-order valence-corrected chi connectivity index (χ4v) is 3.50. The molecule has 1 heterocycles. The van der Waals surface area contributed by atoms with Gasteiger partial charge in [-0.1, -0.05) is 0 Å². The molecule has 0 saturated heterocycles. The van der Waals surface area contributed by atoms with Crippen LogP contribution in [0, 0.1) is 0 Å². The van der Waals surface area contributed by atoms with Gasteiger partial charge >= 0.3 is 11.9 Å². The first-order valence-corrected chi connectivity index (χ1v) is 10.6. The highest BCUT2D eigenvalue weighted by atomic mass is 32.2. The van der Waals surface area contributed by atoms with Crippen molar-refractivity contribution in [2.45, 2.75) is 18.2 Å². The SMILES string of the molecule is CCOC(=O)Cc1csc(NC(=O)CSc2ccc(NC(=O)/C=C/C(=O)O)cc2)n1. The van der Waals surface area contributed by atoms with Crippen LogP contribution >= 0.6 is 23.1 Å². The van der Waals surface area contributed by atoms with Gasteiger partial charge in [0.25, 0.3) is 0 Å². The smallest absolute Gasteiger partial charge is 0.328 e. The van der Waals surface area contributed by atoms with Crippen molar-refractivity contribution in [3.8, 4) is 0 Å². The van der Waals surface area contributed by atoms with Crippen LogP contribution in [0.3, 0.4) is 0 Å². The Morgan fingerprint density at radius 1 is 1.17 bits per heavy atom. The second kappa shape index (κ2) is 11.7. The van der Waals surface area contributed by atoms with Gasteiger partial charge in [-0.15, -0.1) is 23.1 Å². The maximum Gasteiger partial charge on any atom is 0.328 e. The highest BCUT2D eigenvalue weighted by molar-refractivity contribution is 8.00. The summed E-state index contributed by atoms with van der Waals surface area (Å²) < 4.78 is 4.86. The number of amides is 2.